The summed E-state index contributed by atoms with van der Waals surface area (Å²) in [6.07, 6.45) is 3.79. The lowest BCUT2D eigenvalue weighted by Crippen LogP contribution is -2.46. The lowest BCUT2D eigenvalue weighted by Gasteiger charge is -2.33. The summed E-state index contributed by atoms with van der Waals surface area (Å²) in [5.74, 6) is -0.679. The number of nitrogens with one attached hydrogen (secondary N) is 2. The third-order valence-corrected chi connectivity index (χ3v) is 6.24. The Morgan fingerprint density at radius 3 is 2.59 bits per heavy atom. The van der Waals surface area contributed by atoms with E-state index < -0.39 is 11.6 Å². The van der Waals surface area contributed by atoms with Gasteiger partial charge in [0, 0.05) is 19.0 Å². The van der Waals surface area contributed by atoms with Crippen molar-refractivity contribution in [1.82, 2.24) is 15.5 Å². The number of nitrogens with zero attached hydrogens (tertiary/aromatic N) is 1. The second-order valence-corrected chi connectivity index (χ2v) is 8.44. The van der Waals surface area contributed by atoms with Crippen molar-refractivity contribution in [3.63, 3.8) is 0 Å². The molecule has 7 nitrogen and oxygen atoms in total. The monoisotopic (exact) mass is 433 g/mol. The van der Waals surface area contributed by atoms with Crippen molar-refractivity contribution in [3.8, 4) is 0 Å². The molecule has 0 radical (unpaired) electrons. The number of Topliss-reactive ketones (excluding diaryl/α,β-unsaturated/α-hetero) is 1. The molecule has 1 saturated heterocycles. The summed E-state index contributed by atoms with van der Waals surface area (Å²) in [6, 6.07) is 14.3. The molecule has 2 aromatic rings. The fraction of sp³-hybridized carbons (Fsp3) is 0.360. The van der Waals surface area contributed by atoms with Crippen molar-refractivity contribution < 1.29 is 19.2 Å². The number of hydrogen-bond donors (Lipinski definition) is 2. The van der Waals surface area contributed by atoms with E-state index in [0.717, 1.165) is 47.3 Å². The largest absolute Gasteiger partial charge is 0.356 e. The standard InChI is InChI=1S/C25H27N3O4/c1-17(29)26-15-5-6-18-10-12-20(13-11-18)22(30)16-28-23(31)25(27-24(28)32)14-4-8-19-7-2-3-9-21(19)25/h2-3,7,9-13H,4-6,8,14-16H2,1H3,(H,26,29)(H,27,32). The van der Waals surface area contributed by atoms with Crippen molar-refractivity contribution in [3.05, 3.63) is 70.8 Å². The average molecular weight is 434 g/mol. The van der Waals surface area contributed by atoms with E-state index in [1.165, 1.54) is 6.92 Å². The second kappa shape index (κ2) is 8.94. The van der Waals surface area contributed by atoms with Crippen LogP contribution >= 0.6 is 0 Å². The maximum absolute atomic E-state index is 13.3. The van der Waals surface area contributed by atoms with Crippen molar-refractivity contribution >= 4 is 23.6 Å². The van der Waals surface area contributed by atoms with Crippen LogP contribution in [0.4, 0.5) is 4.79 Å². The van der Waals surface area contributed by atoms with Crippen molar-refractivity contribution in [2.75, 3.05) is 13.1 Å². The molecule has 1 aliphatic heterocycles. The van der Waals surface area contributed by atoms with E-state index in [1.54, 1.807) is 12.1 Å². The highest BCUT2D eigenvalue weighted by atomic mass is 16.2. The van der Waals surface area contributed by atoms with Gasteiger partial charge in [0.15, 0.2) is 5.78 Å². The van der Waals surface area contributed by atoms with E-state index >= 15 is 0 Å². The molecule has 166 valence electrons. The Hall–Kier alpha value is -3.48. The van der Waals surface area contributed by atoms with Gasteiger partial charge in [-0.15, -0.1) is 0 Å². The number of benzene rings is 2. The smallest absolute Gasteiger partial charge is 0.325 e. The van der Waals surface area contributed by atoms with Crippen LogP contribution in [-0.2, 0) is 28.0 Å². The van der Waals surface area contributed by atoms with Crippen LogP contribution in [0.3, 0.4) is 0 Å². The van der Waals surface area contributed by atoms with Crippen LogP contribution in [0.25, 0.3) is 0 Å². The van der Waals surface area contributed by atoms with Gasteiger partial charge in [-0.1, -0.05) is 48.5 Å². The highest BCUT2D eigenvalue weighted by Gasteiger charge is 2.54. The molecule has 7 heteroatoms. The molecule has 2 aromatic carbocycles. The van der Waals surface area contributed by atoms with E-state index in [0.29, 0.717) is 18.5 Å². The van der Waals surface area contributed by atoms with Gasteiger partial charge < -0.3 is 10.6 Å². The van der Waals surface area contributed by atoms with Crippen molar-refractivity contribution in [2.45, 2.75) is 44.6 Å². The molecular formula is C25H27N3O4. The average Bonchev–Trinajstić information content (AvgIpc) is 3.02. The fourth-order valence-electron chi connectivity index (χ4n) is 4.60. The Kier molecular flexibility index (Phi) is 6.08. The molecule has 0 bridgehead atoms. The minimum atomic E-state index is -1.07. The third kappa shape index (κ3) is 4.15. The summed E-state index contributed by atoms with van der Waals surface area (Å²) in [7, 11) is 0. The SMILES string of the molecule is CC(=O)NCCCc1ccc(C(=O)CN2C(=O)NC3(CCCc4ccccc43)C2=O)cc1. The molecule has 0 saturated carbocycles. The molecule has 2 N–H and O–H groups in total. The number of urea groups is 1. The highest BCUT2D eigenvalue weighted by molar-refractivity contribution is 6.11. The Labute approximate surface area is 187 Å². The number of rotatable bonds is 7. The van der Waals surface area contributed by atoms with Crippen LogP contribution in [0.15, 0.2) is 48.5 Å². The Bertz CT molecular complexity index is 1060. The first-order chi connectivity index (χ1) is 15.4. The zero-order chi connectivity index (χ0) is 22.7. The predicted molar refractivity (Wildman–Crippen MR) is 119 cm³/mol. The van der Waals surface area contributed by atoms with Gasteiger partial charge in [0.25, 0.3) is 5.91 Å². The minimum absolute atomic E-state index is 0.0510. The number of carbonyl (C=O) groups is 4. The molecule has 1 spiro atoms. The molecule has 1 fully saturated rings. The van der Waals surface area contributed by atoms with Crippen LogP contribution in [0.5, 0.6) is 0 Å². The number of fused-ring (bicyclic) bond motifs is 2. The van der Waals surface area contributed by atoms with E-state index in [4.69, 9.17) is 0 Å². The molecule has 1 unspecified atom stereocenters. The second-order valence-electron chi connectivity index (χ2n) is 8.44. The van der Waals surface area contributed by atoms with Gasteiger partial charge in [-0.3, -0.25) is 19.3 Å². The maximum atomic E-state index is 13.3. The molecule has 1 heterocycles. The number of hydrogen-bond acceptors (Lipinski definition) is 4. The van der Waals surface area contributed by atoms with Crippen LogP contribution in [-0.4, -0.2) is 41.6 Å². The quantitative estimate of drug-likeness (QED) is 0.399. The van der Waals surface area contributed by atoms with Crippen LogP contribution in [0, 0.1) is 0 Å². The third-order valence-electron chi connectivity index (χ3n) is 6.24. The topological polar surface area (TPSA) is 95.6 Å². The number of amides is 4. The Morgan fingerprint density at radius 1 is 1.09 bits per heavy atom. The maximum Gasteiger partial charge on any atom is 0.325 e. The van der Waals surface area contributed by atoms with Gasteiger partial charge >= 0.3 is 6.03 Å². The van der Waals surface area contributed by atoms with Crippen LogP contribution < -0.4 is 10.6 Å². The highest BCUT2D eigenvalue weighted by Crippen LogP contribution is 2.39. The number of carbonyl (C=O) groups excluding carboxylic acids is 4. The number of aryl methyl sites for hydroxylation is 2. The van der Waals surface area contributed by atoms with E-state index in [9.17, 15) is 19.2 Å². The van der Waals surface area contributed by atoms with E-state index in [-0.39, 0.29) is 24.1 Å². The molecule has 4 rings (SSSR count). The summed E-state index contributed by atoms with van der Waals surface area (Å²) in [4.78, 5) is 50.8. The molecule has 4 amide bonds. The molecule has 32 heavy (non-hydrogen) atoms. The first-order valence-electron chi connectivity index (χ1n) is 11.0. The van der Waals surface area contributed by atoms with Gasteiger partial charge in [0.05, 0.1) is 6.54 Å². The van der Waals surface area contributed by atoms with Crippen LogP contribution in [0.2, 0.25) is 0 Å². The molecule has 1 aliphatic carbocycles. The van der Waals surface area contributed by atoms with Gasteiger partial charge in [0.2, 0.25) is 5.91 Å². The van der Waals surface area contributed by atoms with Gasteiger partial charge in [0.1, 0.15) is 5.54 Å². The summed E-state index contributed by atoms with van der Waals surface area (Å²) in [6.45, 7) is 1.81. The Morgan fingerprint density at radius 2 is 1.84 bits per heavy atom. The lowest BCUT2D eigenvalue weighted by atomic mass is 9.76. The van der Waals surface area contributed by atoms with Gasteiger partial charge in [-0.05, 0) is 48.8 Å². The molecule has 0 aromatic heterocycles. The van der Waals surface area contributed by atoms with Gasteiger partial charge in [-0.25, -0.2) is 4.79 Å². The van der Waals surface area contributed by atoms with Crippen molar-refractivity contribution in [2.24, 2.45) is 0 Å². The summed E-state index contributed by atoms with van der Waals surface area (Å²) < 4.78 is 0. The fourth-order valence-corrected chi connectivity index (χ4v) is 4.60. The van der Waals surface area contributed by atoms with E-state index in [2.05, 4.69) is 10.6 Å². The summed E-state index contributed by atoms with van der Waals surface area (Å²) >= 11 is 0. The van der Waals surface area contributed by atoms with Crippen molar-refractivity contribution in [1.29, 1.82) is 0 Å². The lowest BCUT2D eigenvalue weighted by molar-refractivity contribution is -0.131. The summed E-state index contributed by atoms with van der Waals surface area (Å²) in [5, 5.41) is 5.64. The Balaban J connectivity index is 1.42. The van der Waals surface area contributed by atoms with Gasteiger partial charge in [-0.2, -0.15) is 0 Å². The first kappa shape index (κ1) is 21.7. The molecular weight excluding hydrogens is 406 g/mol. The van der Waals surface area contributed by atoms with E-state index in [1.807, 2.05) is 36.4 Å². The number of imide groups is 1. The summed E-state index contributed by atoms with van der Waals surface area (Å²) in [5.41, 5.74) is 2.35. The normalized spacial score (nSPS) is 19.6. The first-order valence-corrected chi connectivity index (χ1v) is 11.0. The zero-order valence-electron chi connectivity index (χ0n) is 18.1. The zero-order valence-corrected chi connectivity index (χ0v) is 18.1. The molecule has 1 atom stereocenters. The molecule has 2 aliphatic rings. The number of ketones is 1. The minimum Gasteiger partial charge on any atom is -0.356 e. The predicted octanol–water partition coefficient (Wildman–Crippen LogP) is 2.72. The van der Waals surface area contributed by atoms with Crippen LogP contribution in [0.1, 0.15) is 53.2 Å².